The molecule has 1 saturated carbocycles. The lowest BCUT2D eigenvalue weighted by Gasteiger charge is -2.24. The van der Waals surface area contributed by atoms with Gasteiger partial charge in [-0.2, -0.15) is 13.2 Å². The Morgan fingerprint density at radius 2 is 1.88 bits per heavy atom. The molecule has 0 bridgehead atoms. The minimum Gasteiger partial charge on any atom is -0.352 e. The quantitative estimate of drug-likeness (QED) is 0.456. The predicted molar refractivity (Wildman–Crippen MR) is 121 cm³/mol. The summed E-state index contributed by atoms with van der Waals surface area (Å²) in [6, 6.07) is 13.5. The summed E-state index contributed by atoms with van der Waals surface area (Å²) in [6.45, 7) is 2.28. The number of halogens is 3. The molecule has 1 amide bonds. The van der Waals surface area contributed by atoms with E-state index in [9.17, 15) is 18.0 Å². The maximum atomic E-state index is 13.2. The third-order valence-corrected chi connectivity index (χ3v) is 6.92. The highest BCUT2D eigenvalue weighted by Gasteiger charge is 2.31. The van der Waals surface area contributed by atoms with Crippen LogP contribution in [0.15, 0.2) is 53.7 Å². The Morgan fingerprint density at radius 1 is 1.16 bits per heavy atom. The highest BCUT2D eigenvalue weighted by molar-refractivity contribution is 8.00. The molecular formula is C24H26F3N3OS. The number of hydrogen-bond acceptors (Lipinski definition) is 3. The van der Waals surface area contributed by atoms with Crippen molar-refractivity contribution < 1.29 is 18.0 Å². The molecule has 4 rings (SSSR count). The molecule has 1 atom stereocenters. The number of carbonyl (C=O) groups is 1. The van der Waals surface area contributed by atoms with Crippen LogP contribution in [0.1, 0.15) is 50.2 Å². The molecular weight excluding hydrogens is 435 g/mol. The first-order valence-electron chi connectivity index (χ1n) is 10.9. The lowest BCUT2D eigenvalue weighted by Crippen LogP contribution is -2.40. The minimum atomic E-state index is -4.43. The van der Waals surface area contributed by atoms with Gasteiger partial charge in [0.2, 0.25) is 5.91 Å². The number of thioether (sulfide) groups is 1. The molecule has 1 heterocycles. The van der Waals surface area contributed by atoms with Gasteiger partial charge in [-0.3, -0.25) is 4.79 Å². The van der Waals surface area contributed by atoms with Crippen molar-refractivity contribution in [3.8, 4) is 0 Å². The molecule has 8 heteroatoms. The van der Waals surface area contributed by atoms with Gasteiger partial charge in [-0.15, -0.1) is 0 Å². The first kappa shape index (κ1) is 22.7. The molecule has 1 fully saturated rings. The van der Waals surface area contributed by atoms with Crippen LogP contribution in [-0.2, 0) is 17.5 Å². The fourth-order valence-electron chi connectivity index (χ4n) is 4.07. The smallest absolute Gasteiger partial charge is 0.352 e. The molecule has 0 spiro atoms. The van der Waals surface area contributed by atoms with Crippen molar-refractivity contribution in [1.29, 1.82) is 0 Å². The number of aromatic nitrogens is 2. The molecule has 1 N–H and O–H groups in total. The maximum Gasteiger partial charge on any atom is 0.416 e. The summed E-state index contributed by atoms with van der Waals surface area (Å²) in [5, 5.41) is 3.25. The van der Waals surface area contributed by atoms with Gasteiger partial charge in [-0.1, -0.05) is 61.4 Å². The van der Waals surface area contributed by atoms with E-state index in [0.29, 0.717) is 17.2 Å². The molecule has 4 nitrogen and oxygen atoms in total. The van der Waals surface area contributed by atoms with E-state index in [4.69, 9.17) is 0 Å². The molecule has 2 aromatic carbocycles. The molecule has 1 aliphatic rings. The first-order chi connectivity index (χ1) is 15.3. The van der Waals surface area contributed by atoms with Gasteiger partial charge in [-0.25, -0.2) is 4.98 Å². The summed E-state index contributed by atoms with van der Waals surface area (Å²) in [6.07, 6.45) is 1.02. The third-order valence-electron chi connectivity index (χ3n) is 5.83. The van der Waals surface area contributed by atoms with Gasteiger partial charge in [0.15, 0.2) is 5.16 Å². The topological polar surface area (TPSA) is 46.9 Å². The van der Waals surface area contributed by atoms with Crippen LogP contribution in [0.4, 0.5) is 13.2 Å². The van der Waals surface area contributed by atoms with Crippen molar-refractivity contribution in [1.82, 2.24) is 14.9 Å². The zero-order chi connectivity index (χ0) is 22.7. The number of carbonyl (C=O) groups excluding carboxylic acids is 1. The standard InChI is InChI=1S/C24H26F3N3OS/c1-16(22(31)28-19-10-6-3-7-11-19)32-23-29-20-14-18(24(25,26)27)12-13-21(20)30(23)15-17-8-4-2-5-9-17/h2,4-5,8-9,12-14,16,19H,3,6-7,10-11,15H2,1H3,(H,28,31)/t16-/m1/s1. The third kappa shape index (κ3) is 5.28. The summed E-state index contributed by atoms with van der Waals surface area (Å²) < 4.78 is 41.5. The van der Waals surface area contributed by atoms with E-state index in [1.165, 1.54) is 24.2 Å². The molecule has 3 aromatic rings. The summed E-state index contributed by atoms with van der Waals surface area (Å²) in [7, 11) is 0. The van der Waals surface area contributed by atoms with E-state index >= 15 is 0 Å². The van der Waals surface area contributed by atoms with Crippen molar-refractivity contribution >= 4 is 28.7 Å². The number of nitrogens with zero attached hydrogens (tertiary/aromatic N) is 2. The second-order valence-corrected chi connectivity index (χ2v) is 9.58. The summed E-state index contributed by atoms with van der Waals surface area (Å²) in [5.74, 6) is -0.0591. The number of hydrogen-bond donors (Lipinski definition) is 1. The van der Waals surface area contributed by atoms with Crippen molar-refractivity contribution in [3.63, 3.8) is 0 Å². The van der Waals surface area contributed by atoms with Gasteiger partial charge in [-0.05, 0) is 43.5 Å². The Bertz CT molecular complexity index is 1080. The van der Waals surface area contributed by atoms with E-state index in [0.717, 1.165) is 43.4 Å². The Hall–Kier alpha value is -2.48. The summed E-state index contributed by atoms with van der Waals surface area (Å²) in [4.78, 5) is 17.3. The molecule has 1 aliphatic carbocycles. The van der Waals surface area contributed by atoms with Crippen LogP contribution in [0.5, 0.6) is 0 Å². The van der Waals surface area contributed by atoms with Crippen LogP contribution < -0.4 is 5.32 Å². The molecule has 32 heavy (non-hydrogen) atoms. The largest absolute Gasteiger partial charge is 0.416 e. The monoisotopic (exact) mass is 461 g/mol. The number of imidazole rings is 1. The van der Waals surface area contributed by atoms with E-state index < -0.39 is 17.0 Å². The second-order valence-electron chi connectivity index (χ2n) is 8.27. The van der Waals surface area contributed by atoms with E-state index in [1.54, 1.807) is 0 Å². The van der Waals surface area contributed by atoms with Gasteiger partial charge in [0.1, 0.15) is 0 Å². The fourth-order valence-corrected chi connectivity index (χ4v) is 5.00. The first-order valence-corrected chi connectivity index (χ1v) is 11.8. The molecule has 1 aromatic heterocycles. The van der Waals surface area contributed by atoms with E-state index in [-0.39, 0.29) is 17.5 Å². The average molecular weight is 462 g/mol. The van der Waals surface area contributed by atoms with Crippen molar-refractivity contribution in [2.75, 3.05) is 0 Å². The molecule has 170 valence electrons. The lowest BCUT2D eigenvalue weighted by molar-refractivity contribution is -0.137. The van der Waals surface area contributed by atoms with Gasteiger partial charge in [0.05, 0.1) is 28.4 Å². The Balaban J connectivity index is 1.62. The van der Waals surface area contributed by atoms with Gasteiger partial charge < -0.3 is 9.88 Å². The van der Waals surface area contributed by atoms with Crippen LogP contribution in [0.25, 0.3) is 11.0 Å². The number of rotatable bonds is 6. The van der Waals surface area contributed by atoms with Gasteiger partial charge in [0.25, 0.3) is 0 Å². The number of amides is 1. The van der Waals surface area contributed by atoms with E-state index in [2.05, 4.69) is 10.3 Å². The maximum absolute atomic E-state index is 13.2. The van der Waals surface area contributed by atoms with Crippen LogP contribution in [0, 0.1) is 0 Å². The molecule has 0 unspecified atom stereocenters. The van der Waals surface area contributed by atoms with E-state index in [1.807, 2.05) is 41.8 Å². The van der Waals surface area contributed by atoms with Gasteiger partial charge in [0, 0.05) is 6.04 Å². The molecule has 0 aliphatic heterocycles. The fraction of sp³-hybridized carbons (Fsp3) is 0.417. The van der Waals surface area contributed by atoms with Crippen molar-refractivity contribution in [3.05, 3.63) is 59.7 Å². The Labute approximate surface area is 189 Å². The SMILES string of the molecule is C[C@@H](Sc1nc2cc(C(F)(F)F)ccc2n1Cc1ccccc1)C(=O)NC1CCCCC1. The number of fused-ring (bicyclic) bond motifs is 1. The predicted octanol–water partition coefficient (Wildman–Crippen LogP) is 6.03. The zero-order valence-electron chi connectivity index (χ0n) is 17.9. The highest BCUT2D eigenvalue weighted by Crippen LogP contribution is 2.34. The second kappa shape index (κ2) is 9.57. The molecule has 0 radical (unpaired) electrons. The molecule has 0 saturated heterocycles. The average Bonchev–Trinajstić information content (AvgIpc) is 3.10. The minimum absolute atomic E-state index is 0.0591. The van der Waals surface area contributed by atoms with Crippen LogP contribution in [0.2, 0.25) is 0 Å². The van der Waals surface area contributed by atoms with Crippen LogP contribution in [-0.4, -0.2) is 26.8 Å². The Kier molecular flexibility index (Phi) is 6.79. The Morgan fingerprint density at radius 3 is 2.56 bits per heavy atom. The van der Waals surface area contributed by atoms with Crippen LogP contribution in [0.3, 0.4) is 0 Å². The summed E-state index contributed by atoms with van der Waals surface area (Å²) in [5.41, 5.74) is 1.17. The number of benzene rings is 2. The lowest BCUT2D eigenvalue weighted by atomic mass is 9.95. The normalized spacial score (nSPS) is 16.2. The number of alkyl halides is 3. The zero-order valence-corrected chi connectivity index (χ0v) is 18.7. The number of nitrogens with one attached hydrogen (secondary N) is 1. The van der Waals surface area contributed by atoms with Crippen molar-refractivity contribution in [2.45, 2.75) is 68.2 Å². The highest BCUT2D eigenvalue weighted by atomic mass is 32.2. The summed E-state index contributed by atoms with van der Waals surface area (Å²) >= 11 is 1.28. The van der Waals surface area contributed by atoms with Crippen LogP contribution >= 0.6 is 11.8 Å². The van der Waals surface area contributed by atoms with Gasteiger partial charge >= 0.3 is 6.18 Å². The van der Waals surface area contributed by atoms with Crippen molar-refractivity contribution in [2.24, 2.45) is 0 Å².